The van der Waals surface area contributed by atoms with Crippen LogP contribution < -0.4 is 9.62 Å². The molecule has 3 rings (SSSR count). The number of carbonyl (C=O) groups is 2. The summed E-state index contributed by atoms with van der Waals surface area (Å²) in [6.07, 6.45) is 2.06. The quantitative estimate of drug-likeness (QED) is 0.251. The van der Waals surface area contributed by atoms with Crippen LogP contribution in [-0.4, -0.2) is 44.3 Å². The van der Waals surface area contributed by atoms with Crippen molar-refractivity contribution in [1.82, 2.24) is 10.2 Å². The number of sulfonamides is 1. The molecule has 7 nitrogen and oxygen atoms in total. The van der Waals surface area contributed by atoms with Gasteiger partial charge in [0.05, 0.1) is 15.6 Å². The lowest BCUT2D eigenvalue weighted by Gasteiger charge is -2.33. The molecule has 0 aromatic heterocycles. The highest BCUT2D eigenvalue weighted by Crippen LogP contribution is 2.30. The van der Waals surface area contributed by atoms with Gasteiger partial charge in [-0.2, -0.15) is 0 Å². The third kappa shape index (κ3) is 7.97. The van der Waals surface area contributed by atoms with Crippen molar-refractivity contribution in [2.45, 2.75) is 50.6 Å². The molecule has 1 N–H and O–H groups in total. The number of hydrogen-bond acceptors (Lipinski definition) is 4. The lowest BCUT2D eigenvalue weighted by Crippen LogP contribution is -2.52. The van der Waals surface area contributed by atoms with Crippen LogP contribution in [0.3, 0.4) is 0 Å². The maximum absolute atomic E-state index is 14.0. The van der Waals surface area contributed by atoms with Crippen molar-refractivity contribution in [2.75, 3.05) is 17.4 Å². The van der Waals surface area contributed by atoms with Crippen molar-refractivity contribution in [3.8, 4) is 0 Å². The van der Waals surface area contributed by atoms with E-state index in [0.29, 0.717) is 18.0 Å². The van der Waals surface area contributed by atoms with Gasteiger partial charge in [-0.05, 0) is 54.8 Å². The summed E-state index contributed by atoms with van der Waals surface area (Å²) in [4.78, 5) is 28.6. The summed E-state index contributed by atoms with van der Waals surface area (Å²) in [5.41, 5.74) is 0.922. The van der Waals surface area contributed by atoms with E-state index in [2.05, 4.69) is 5.32 Å². The van der Waals surface area contributed by atoms with E-state index in [0.717, 1.165) is 22.7 Å². The molecule has 2 amide bonds. The number of benzene rings is 3. The van der Waals surface area contributed by atoms with Crippen LogP contribution in [0.5, 0.6) is 0 Å². The van der Waals surface area contributed by atoms with Crippen LogP contribution in [0.4, 0.5) is 5.69 Å². The van der Waals surface area contributed by atoms with Gasteiger partial charge < -0.3 is 10.2 Å². The van der Waals surface area contributed by atoms with Crippen molar-refractivity contribution in [3.63, 3.8) is 0 Å². The van der Waals surface area contributed by atoms with Gasteiger partial charge in [-0.1, -0.05) is 85.9 Å². The fourth-order valence-electron chi connectivity index (χ4n) is 4.10. The van der Waals surface area contributed by atoms with Crippen molar-refractivity contribution in [2.24, 2.45) is 0 Å². The van der Waals surface area contributed by atoms with Gasteiger partial charge in [0.25, 0.3) is 10.0 Å². The molecule has 0 unspecified atom stereocenters. The number of nitrogens with zero attached hydrogens (tertiary/aromatic N) is 2. The van der Waals surface area contributed by atoms with Crippen LogP contribution in [0.2, 0.25) is 10.0 Å². The average molecular weight is 591 g/mol. The number of para-hydroxylation sites is 1. The Bertz CT molecular complexity index is 1350. The first-order chi connectivity index (χ1) is 18.7. The fourth-order valence-corrected chi connectivity index (χ4v) is 5.97. The van der Waals surface area contributed by atoms with E-state index in [1.807, 2.05) is 13.8 Å². The van der Waals surface area contributed by atoms with E-state index < -0.39 is 28.5 Å². The minimum absolute atomic E-state index is 0.0197. The van der Waals surface area contributed by atoms with Gasteiger partial charge in [0, 0.05) is 18.1 Å². The molecule has 0 spiro atoms. The second-order valence-electron chi connectivity index (χ2n) is 8.99. The maximum Gasteiger partial charge on any atom is 0.264 e. The minimum Gasteiger partial charge on any atom is -0.354 e. The Morgan fingerprint density at radius 1 is 0.897 bits per heavy atom. The summed E-state index contributed by atoms with van der Waals surface area (Å²) in [7, 11) is -4.17. The van der Waals surface area contributed by atoms with Crippen molar-refractivity contribution in [3.05, 3.63) is 94.5 Å². The molecule has 0 aliphatic carbocycles. The van der Waals surface area contributed by atoms with E-state index in [-0.39, 0.29) is 28.1 Å². The van der Waals surface area contributed by atoms with Gasteiger partial charge in [-0.25, -0.2) is 8.42 Å². The number of amides is 2. The topological polar surface area (TPSA) is 86.8 Å². The van der Waals surface area contributed by atoms with Gasteiger partial charge in [-0.15, -0.1) is 0 Å². The van der Waals surface area contributed by atoms with Crippen LogP contribution >= 0.6 is 23.2 Å². The average Bonchev–Trinajstić information content (AvgIpc) is 2.93. The standard InChI is InChI=1S/C29H33Cl2N3O4S/c1-3-5-19-32-29(36)26(4-2)33(20-22-15-17-23(30)18-16-22)28(35)21-34(27-14-10-9-13-25(27)31)39(37,38)24-11-7-6-8-12-24/h6-18,26H,3-5,19-21H2,1-2H3,(H,32,36)/t26-/m1/s1. The number of anilines is 1. The smallest absolute Gasteiger partial charge is 0.264 e. The first kappa shape index (κ1) is 30.5. The molecule has 0 heterocycles. The first-order valence-electron chi connectivity index (χ1n) is 12.8. The van der Waals surface area contributed by atoms with Crippen molar-refractivity contribution >= 4 is 50.7 Å². The lowest BCUT2D eigenvalue weighted by molar-refractivity contribution is -0.140. The molecule has 208 valence electrons. The molecule has 0 saturated carbocycles. The number of nitrogens with one attached hydrogen (secondary N) is 1. The first-order valence-corrected chi connectivity index (χ1v) is 15.0. The van der Waals surface area contributed by atoms with Crippen molar-refractivity contribution in [1.29, 1.82) is 0 Å². The van der Waals surface area contributed by atoms with Gasteiger partial charge >= 0.3 is 0 Å². The van der Waals surface area contributed by atoms with E-state index in [1.165, 1.54) is 17.0 Å². The van der Waals surface area contributed by atoms with Gasteiger partial charge in [0.2, 0.25) is 11.8 Å². The van der Waals surface area contributed by atoms with Crippen LogP contribution in [-0.2, 0) is 26.2 Å². The molecule has 1 atom stereocenters. The van der Waals surface area contributed by atoms with E-state index >= 15 is 0 Å². The monoisotopic (exact) mass is 589 g/mol. The van der Waals surface area contributed by atoms with Gasteiger partial charge in [-0.3, -0.25) is 13.9 Å². The third-order valence-corrected chi connectivity index (χ3v) is 8.56. The molecule has 3 aromatic carbocycles. The van der Waals surface area contributed by atoms with E-state index in [4.69, 9.17) is 23.2 Å². The molecule has 39 heavy (non-hydrogen) atoms. The number of unbranched alkanes of at least 4 members (excludes halogenated alkanes) is 1. The molecular formula is C29H33Cl2N3O4S. The lowest BCUT2D eigenvalue weighted by atomic mass is 10.1. The number of hydrogen-bond donors (Lipinski definition) is 1. The zero-order valence-corrected chi connectivity index (χ0v) is 24.3. The predicted octanol–water partition coefficient (Wildman–Crippen LogP) is 5.91. The zero-order valence-electron chi connectivity index (χ0n) is 22.0. The molecule has 10 heteroatoms. The normalized spacial score (nSPS) is 12.0. The highest BCUT2D eigenvalue weighted by molar-refractivity contribution is 7.92. The Morgan fingerprint density at radius 3 is 2.15 bits per heavy atom. The van der Waals surface area contributed by atoms with Crippen LogP contribution in [0.1, 0.15) is 38.7 Å². The maximum atomic E-state index is 14.0. The SMILES string of the molecule is CCCCNC(=O)[C@@H](CC)N(Cc1ccc(Cl)cc1)C(=O)CN(c1ccccc1Cl)S(=O)(=O)c1ccccc1. The minimum atomic E-state index is -4.17. The Kier molecular flexibility index (Phi) is 11.2. The van der Waals surface area contributed by atoms with Gasteiger partial charge in [0.15, 0.2) is 0 Å². The largest absolute Gasteiger partial charge is 0.354 e. The number of rotatable bonds is 13. The summed E-state index contributed by atoms with van der Waals surface area (Å²) in [6, 6.07) is 20.5. The summed E-state index contributed by atoms with van der Waals surface area (Å²) in [5, 5.41) is 3.63. The summed E-state index contributed by atoms with van der Waals surface area (Å²) < 4.78 is 28.6. The van der Waals surface area contributed by atoms with Crippen LogP contribution in [0.15, 0.2) is 83.8 Å². The molecule has 0 radical (unpaired) electrons. The Morgan fingerprint density at radius 2 is 1.54 bits per heavy atom. The summed E-state index contributed by atoms with van der Waals surface area (Å²) >= 11 is 12.5. The molecule has 0 aliphatic rings. The van der Waals surface area contributed by atoms with E-state index in [1.54, 1.807) is 66.7 Å². The Balaban J connectivity index is 2.03. The Hall–Kier alpha value is -3.07. The number of carbonyl (C=O) groups excluding carboxylic acids is 2. The highest BCUT2D eigenvalue weighted by Gasteiger charge is 2.34. The van der Waals surface area contributed by atoms with E-state index in [9.17, 15) is 18.0 Å². The zero-order chi connectivity index (χ0) is 28.4. The molecular weight excluding hydrogens is 557 g/mol. The van der Waals surface area contributed by atoms with Crippen molar-refractivity contribution < 1.29 is 18.0 Å². The Labute approximate surface area is 240 Å². The van der Waals surface area contributed by atoms with Crippen LogP contribution in [0.25, 0.3) is 0 Å². The second kappa shape index (κ2) is 14.4. The molecule has 3 aromatic rings. The second-order valence-corrected chi connectivity index (χ2v) is 11.7. The summed E-state index contributed by atoms with van der Waals surface area (Å²) in [5.74, 6) is -0.828. The molecule has 0 aliphatic heterocycles. The molecule has 0 bridgehead atoms. The molecule has 0 fully saturated rings. The third-order valence-electron chi connectivity index (χ3n) is 6.21. The number of halogens is 2. The predicted molar refractivity (Wildman–Crippen MR) is 156 cm³/mol. The van der Waals surface area contributed by atoms with Gasteiger partial charge in [0.1, 0.15) is 12.6 Å². The molecule has 0 saturated heterocycles. The fraction of sp³-hybridized carbons (Fsp3) is 0.310. The van der Waals surface area contributed by atoms with Crippen LogP contribution in [0, 0.1) is 0 Å². The highest BCUT2D eigenvalue weighted by atomic mass is 35.5. The summed E-state index contributed by atoms with van der Waals surface area (Å²) in [6.45, 7) is 3.88.